The number of aryl methyl sites for hydroxylation is 3. The van der Waals surface area contributed by atoms with Crippen molar-refractivity contribution in [3.8, 4) is 11.4 Å². The molecule has 0 saturated heterocycles. The van der Waals surface area contributed by atoms with Crippen molar-refractivity contribution in [2.75, 3.05) is 0 Å². The average Bonchev–Trinajstić information content (AvgIpc) is 3.34. The van der Waals surface area contributed by atoms with Gasteiger partial charge in [0.25, 0.3) is 0 Å². The first kappa shape index (κ1) is 16.4. The van der Waals surface area contributed by atoms with Gasteiger partial charge in [0.1, 0.15) is 5.82 Å². The van der Waals surface area contributed by atoms with Crippen LogP contribution in [0.15, 0.2) is 41.1 Å². The van der Waals surface area contributed by atoms with Gasteiger partial charge in [-0.1, -0.05) is 35.5 Å². The number of nitrogens with zero attached hydrogens (tertiary/aromatic N) is 4. The molecule has 1 aliphatic carbocycles. The number of aromatic nitrogens is 4. The molecule has 0 aliphatic heterocycles. The summed E-state index contributed by atoms with van der Waals surface area (Å²) in [6.07, 6.45) is 5.74. The molecule has 1 aliphatic rings. The van der Waals surface area contributed by atoms with Crippen LogP contribution < -0.4 is 5.32 Å². The minimum absolute atomic E-state index is 0.0893. The van der Waals surface area contributed by atoms with Gasteiger partial charge in [-0.3, -0.25) is 4.79 Å². The largest absolute Gasteiger partial charge is 0.349 e. The van der Waals surface area contributed by atoms with Crippen LogP contribution in [0.5, 0.6) is 0 Å². The van der Waals surface area contributed by atoms with E-state index >= 15 is 0 Å². The molecule has 0 fully saturated rings. The van der Waals surface area contributed by atoms with Gasteiger partial charge in [-0.2, -0.15) is 4.98 Å². The van der Waals surface area contributed by atoms with Crippen LogP contribution >= 0.6 is 0 Å². The number of benzene rings is 1. The second-order valence-electron chi connectivity index (χ2n) is 6.27. The van der Waals surface area contributed by atoms with Crippen molar-refractivity contribution in [1.29, 1.82) is 0 Å². The standard InChI is InChI=1S/C19H19N5O2/c25-17(21-12-16-20-11-14-7-4-8-15(14)22-16)9-10-18-23-19(24-26-18)13-5-2-1-3-6-13/h1-3,5-6,11H,4,7-10,12H2,(H,21,25). The molecular formula is C19H19N5O2. The zero-order chi connectivity index (χ0) is 17.8. The summed E-state index contributed by atoms with van der Waals surface area (Å²) in [5, 5.41) is 6.80. The Morgan fingerprint density at radius 2 is 2.04 bits per heavy atom. The van der Waals surface area contributed by atoms with E-state index in [9.17, 15) is 4.79 Å². The first-order valence-electron chi connectivity index (χ1n) is 8.76. The zero-order valence-corrected chi connectivity index (χ0v) is 14.3. The second-order valence-corrected chi connectivity index (χ2v) is 6.27. The molecule has 1 aromatic carbocycles. The van der Waals surface area contributed by atoms with E-state index < -0.39 is 0 Å². The van der Waals surface area contributed by atoms with E-state index in [1.54, 1.807) is 0 Å². The molecule has 132 valence electrons. The third-order valence-electron chi connectivity index (χ3n) is 4.37. The van der Waals surface area contributed by atoms with Crippen LogP contribution in [0.25, 0.3) is 11.4 Å². The number of fused-ring (bicyclic) bond motifs is 1. The molecular weight excluding hydrogens is 330 g/mol. The third kappa shape index (κ3) is 3.77. The predicted octanol–water partition coefficient (Wildman–Crippen LogP) is 2.26. The van der Waals surface area contributed by atoms with Crippen LogP contribution in [0.4, 0.5) is 0 Å². The minimum Gasteiger partial charge on any atom is -0.349 e. The van der Waals surface area contributed by atoms with E-state index in [2.05, 4.69) is 25.4 Å². The Labute approximate surface area is 150 Å². The molecule has 0 spiro atoms. The Kier molecular flexibility index (Phi) is 4.68. The highest BCUT2D eigenvalue weighted by Crippen LogP contribution is 2.18. The van der Waals surface area contributed by atoms with Gasteiger partial charge >= 0.3 is 0 Å². The van der Waals surface area contributed by atoms with Gasteiger partial charge in [0.2, 0.25) is 17.6 Å². The summed E-state index contributed by atoms with van der Waals surface area (Å²) in [6.45, 7) is 0.339. The topological polar surface area (TPSA) is 93.8 Å². The molecule has 26 heavy (non-hydrogen) atoms. The third-order valence-corrected chi connectivity index (χ3v) is 4.37. The summed E-state index contributed by atoms with van der Waals surface area (Å²) >= 11 is 0. The summed E-state index contributed by atoms with van der Waals surface area (Å²) in [7, 11) is 0. The molecule has 1 amide bonds. The summed E-state index contributed by atoms with van der Waals surface area (Å²) in [5.74, 6) is 1.55. The normalized spacial score (nSPS) is 12.8. The van der Waals surface area contributed by atoms with Gasteiger partial charge in [0.15, 0.2) is 0 Å². The predicted molar refractivity (Wildman–Crippen MR) is 94.0 cm³/mol. The maximum absolute atomic E-state index is 12.0. The Bertz CT molecular complexity index is 907. The highest BCUT2D eigenvalue weighted by Gasteiger charge is 2.14. The molecule has 0 radical (unpaired) electrons. The SMILES string of the molecule is O=C(CCc1nc(-c2ccccc2)no1)NCc1ncc2c(n1)CCC2. The van der Waals surface area contributed by atoms with Crippen molar-refractivity contribution in [2.45, 2.75) is 38.6 Å². The summed E-state index contributed by atoms with van der Waals surface area (Å²) < 4.78 is 5.22. The first-order chi connectivity index (χ1) is 12.8. The van der Waals surface area contributed by atoms with Gasteiger partial charge < -0.3 is 9.84 Å². The minimum atomic E-state index is -0.0893. The van der Waals surface area contributed by atoms with E-state index in [1.807, 2.05) is 36.5 Å². The van der Waals surface area contributed by atoms with E-state index in [0.717, 1.165) is 30.5 Å². The van der Waals surface area contributed by atoms with Gasteiger partial charge in [0.05, 0.1) is 6.54 Å². The lowest BCUT2D eigenvalue weighted by molar-refractivity contribution is -0.121. The van der Waals surface area contributed by atoms with E-state index in [0.29, 0.717) is 30.5 Å². The number of carbonyl (C=O) groups is 1. The molecule has 3 aromatic rings. The van der Waals surface area contributed by atoms with Crippen molar-refractivity contribution in [3.63, 3.8) is 0 Å². The quantitative estimate of drug-likeness (QED) is 0.734. The van der Waals surface area contributed by atoms with Gasteiger partial charge in [-0.15, -0.1) is 0 Å². The summed E-state index contributed by atoms with van der Waals surface area (Å²) in [4.78, 5) is 25.2. The molecule has 0 bridgehead atoms. The van der Waals surface area contributed by atoms with Gasteiger partial charge in [-0.25, -0.2) is 9.97 Å². The van der Waals surface area contributed by atoms with Crippen molar-refractivity contribution in [1.82, 2.24) is 25.4 Å². The molecule has 4 rings (SSSR count). The lowest BCUT2D eigenvalue weighted by atomic mass is 10.2. The number of nitrogens with one attached hydrogen (secondary N) is 1. The molecule has 0 atom stereocenters. The molecule has 2 aromatic heterocycles. The Balaban J connectivity index is 1.27. The number of hydrogen-bond donors (Lipinski definition) is 1. The maximum atomic E-state index is 12.0. The lowest BCUT2D eigenvalue weighted by Gasteiger charge is -2.05. The van der Waals surface area contributed by atoms with Gasteiger partial charge in [0, 0.05) is 30.3 Å². The Morgan fingerprint density at radius 3 is 2.92 bits per heavy atom. The highest BCUT2D eigenvalue weighted by atomic mass is 16.5. The molecule has 1 N–H and O–H groups in total. The van der Waals surface area contributed by atoms with Crippen LogP contribution in [-0.4, -0.2) is 26.0 Å². The zero-order valence-electron chi connectivity index (χ0n) is 14.3. The molecule has 0 unspecified atom stereocenters. The smallest absolute Gasteiger partial charge is 0.227 e. The number of hydrogen-bond acceptors (Lipinski definition) is 6. The van der Waals surface area contributed by atoms with Crippen molar-refractivity contribution >= 4 is 5.91 Å². The number of rotatable bonds is 6. The van der Waals surface area contributed by atoms with Crippen LogP contribution in [0, 0.1) is 0 Å². The fraction of sp³-hybridized carbons (Fsp3) is 0.316. The summed E-state index contributed by atoms with van der Waals surface area (Å²) in [6, 6.07) is 9.59. The second kappa shape index (κ2) is 7.43. The van der Waals surface area contributed by atoms with Crippen LogP contribution in [-0.2, 0) is 30.6 Å². The molecule has 7 nitrogen and oxygen atoms in total. The summed E-state index contributed by atoms with van der Waals surface area (Å²) in [5.41, 5.74) is 3.23. The number of carbonyl (C=O) groups excluding carboxylic acids is 1. The van der Waals surface area contributed by atoms with E-state index in [4.69, 9.17) is 4.52 Å². The van der Waals surface area contributed by atoms with Crippen LogP contribution in [0.2, 0.25) is 0 Å². The molecule has 7 heteroatoms. The number of amides is 1. The highest BCUT2D eigenvalue weighted by molar-refractivity contribution is 5.75. The van der Waals surface area contributed by atoms with E-state index in [1.165, 1.54) is 5.56 Å². The maximum Gasteiger partial charge on any atom is 0.227 e. The fourth-order valence-corrected chi connectivity index (χ4v) is 2.99. The fourth-order valence-electron chi connectivity index (χ4n) is 2.99. The first-order valence-corrected chi connectivity index (χ1v) is 8.76. The van der Waals surface area contributed by atoms with Crippen molar-refractivity contribution in [3.05, 3.63) is 59.5 Å². The Morgan fingerprint density at radius 1 is 1.15 bits per heavy atom. The van der Waals surface area contributed by atoms with Crippen LogP contribution in [0.3, 0.4) is 0 Å². The lowest BCUT2D eigenvalue weighted by Crippen LogP contribution is -2.24. The van der Waals surface area contributed by atoms with Crippen molar-refractivity contribution in [2.24, 2.45) is 0 Å². The Hall–Kier alpha value is -3.09. The molecule has 0 saturated carbocycles. The van der Waals surface area contributed by atoms with E-state index in [-0.39, 0.29) is 12.3 Å². The van der Waals surface area contributed by atoms with Gasteiger partial charge in [-0.05, 0) is 24.8 Å². The van der Waals surface area contributed by atoms with Crippen molar-refractivity contribution < 1.29 is 9.32 Å². The van der Waals surface area contributed by atoms with Crippen LogP contribution in [0.1, 0.15) is 35.8 Å². The molecule has 2 heterocycles. The average molecular weight is 349 g/mol. The monoisotopic (exact) mass is 349 g/mol.